The summed E-state index contributed by atoms with van der Waals surface area (Å²) < 4.78 is 0. The molecular weight excluding hydrogens is 248 g/mol. The third-order valence-electron chi connectivity index (χ3n) is 6.46. The Morgan fingerprint density at radius 2 is 1.85 bits per heavy atom. The van der Waals surface area contributed by atoms with Gasteiger partial charge >= 0.3 is 0 Å². The molecule has 3 heteroatoms. The minimum Gasteiger partial charge on any atom is -0.393 e. The lowest BCUT2D eigenvalue weighted by atomic mass is 9.85. The third-order valence-corrected chi connectivity index (χ3v) is 6.46. The number of rotatable bonds is 5. The summed E-state index contributed by atoms with van der Waals surface area (Å²) in [6.45, 7) is 4.95. The average Bonchev–Trinajstić information content (AvgIpc) is 2.86. The predicted molar refractivity (Wildman–Crippen MR) is 80.6 cm³/mol. The molecule has 3 saturated carbocycles. The number of nitrogens with zero attached hydrogens (tertiary/aromatic N) is 1. The molecule has 4 fully saturated rings. The van der Waals surface area contributed by atoms with E-state index in [0.29, 0.717) is 11.3 Å². The van der Waals surface area contributed by atoms with Crippen molar-refractivity contribution in [1.29, 1.82) is 0 Å². The first-order valence-electron chi connectivity index (χ1n) is 8.88. The fourth-order valence-corrected chi connectivity index (χ4v) is 5.10. The lowest BCUT2D eigenvalue weighted by Crippen LogP contribution is -2.43. The van der Waals surface area contributed by atoms with E-state index in [-0.39, 0.29) is 6.10 Å². The zero-order valence-electron chi connectivity index (χ0n) is 12.7. The molecule has 0 radical (unpaired) electrons. The molecule has 4 rings (SSSR count). The predicted octanol–water partition coefficient (Wildman–Crippen LogP) is 2.00. The van der Waals surface area contributed by atoms with Gasteiger partial charge in [-0.15, -0.1) is 0 Å². The number of hydrogen-bond acceptors (Lipinski definition) is 3. The van der Waals surface area contributed by atoms with Crippen LogP contribution >= 0.6 is 0 Å². The molecular formula is C17H30N2O. The molecule has 3 unspecified atom stereocenters. The van der Waals surface area contributed by atoms with Gasteiger partial charge in [-0.05, 0) is 49.9 Å². The molecule has 114 valence electrons. The first kappa shape index (κ1) is 13.5. The van der Waals surface area contributed by atoms with Crippen LogP contribution in [0.2, 0.25) is 0 Å². The highest BCUT2D eigenvalue weighted by Crippen LogP contribution is 2.43. The van der Waals surface area contributed by atoms with Crippen LogP contribution in [0.15, 0.2) is 0 Å². The van der Waals surface area contributed by atoms with Gasteiger partial charge in [-0.2, -0.15) is 0 Å². The lowest BCUT2D eigenvalue weighted by Gasteiger charge is -2.34. The van der Waals surface area contributed by atoms with E-state index in [1.807, 2.05) is 0 Å². The molecule has 3 nitrogen and oxygen atoms in total. The first-order valence-corrected chi connectivity index (χ1v) is 8.88. The van der Waals surface area contributed by atoms with E-state index in [1.54, 1.807) is 0 Å². The number of fused-ring (bicyclic) bond motifs is 1. The molecule has 3 aliphatic carbocycles. The van der Waals surface area contributed by atoms with Gasteiger partial charge in [0, 0.05) is 38.1 Å². The normalized spacial score (nSPS) is 40.4. The summed E-state index contributed by atoms with van der Waals surface area (Å²) in [7, 11) is 0. The molecule has 0 aromatic carbocycles. The zero-order valence-corrected chi connectivity index (χ0v) is 12.7. The number of nitrogens with one attached hydrogen (secondary N) is 1. The van der Waals surface area contributed by atoms with Crippen LogP contribution in [-0.4, -0.2) is 48.3 Å². The number of likely N-dealkylation sites (tertiary alicyclic amines) is 1. The van der Waals surface area contributed by atoms with Gasteiger partial charge in [0.25, 0.3) is 0 Å². The van der Waals surface area contributed by atoms with Crippen molar-refractivity contribution in [1.82, 2.24) is 10.2 Å². The Balaban J connectivity index is 1.36. The molecule has 1 aliphatic heterocycles. The average molecular weight is 278 g/mol. The van der Waals surface area contributed by atoms with Crippen molar-refractivity contribution in [2.24, 2.45) is 17.3 Å². The molecule has 20 heavy (non-hydrogen) atoms. The highest BCUT2D eigenvalue weighted by atomic mass is 16.3. The van der Waals surface area contributed by atoms with Crippen molar-refractivity contribution in [2.75, 3.05) is 26.2 Å². The van der Waals surface area contributed by atoms with E-state index in [0.717, 1.165) is 24.9 Å². The maximum atomic E-state index is 10.1. The van der Waals surface area contributed by atoms with Crippen LogP contribution < -0.4 is 5.32 Å². The number of aliphatic hydroxyl groups is 1. The van der Waals surface area contributed by atoms with Gasteiger partial charge in [0.15, 0.2) is 0 Å². The van der Waals surface area contributed by atoms with Crippen LogP contribution in [0.5, 0.6) is 0 Å². The third kappa shape index (κ3) is 2.65. The van der Waals surface area contributed by atoms with Crippen molar-refractivity contribution >= 4 is 0 Å². The molecule has 0 amide bonds. The molecule has 0 aromatic heterocycles. The van der Waals surface area contributed by atoms with Crippen LogP contribution in [0.4, 0.5) is 0 Å². The van der Waals surface area contributed by atoms with Gasteiger partial charge in [-0.3, -0.25) is 0 Å². The van der Waals surface area contributed by atoms with Crippen LogP contribution in [0, 0.1) is 17.3 Å². The van der Waals surface area contributed by atoms with Crippen LogP contribution in [0.25, 0.3) is 0 Å². The highest BCUT2D eigenvalue weighted by Gasteiger charge is 2.45. The minimum absolute atomic E-state index is 0.00545. The zero-order chi connectivity index (χ0) is 13.6. The van der Waals surface area contributed by atoms with Gasteiger partial charge in [0.1, 0.15) is 0 Å². The molecule has 0 bridgehead atoms. The topological polar surface area (TPSA) is 35.5 Å². The highest BCUT2D eigenvalue weighted by molar-refractivity contribution is 4.98. The van der Waals surface area contributed by atoms with Gasteiger partial charge in [-0.25, -0.2) is 0 Å². The lowest BCUT2D eigenvalue weighted by molar-refractivity contribution is 0.112. The van der Waals surface area contributed by atoms with Crippen molar-refractivity contribution in [3.8, 4) is 0 Å². The Morgan fingerprint density at radius 1 is 1.05 bits per heavy atom. The van der Waals surface area contributed by atoms with Gasteiger partial charge in [0.05, 0.1) is 6.10 Å². The van der Waals surface area contributed by atoms with E-state index < -0.39 is 0 Å². The van der Waals surface area contributed by atoms with E-state index in [2.05, 4.69) is 10.2 Å². The van der Waals surface area contributed by atoms with Crippen molar-refractivity contribution in [2.45, 2.75) is 63.5 Å². The van der Waals surface area contributed by atoms with Crippen molar-refractivity contribution < 1.29 is 5.11 Å². The standard InChI is InChI=1S/C17H30N2O/c20-16-6-3-13-9-19(10-15(13)16)12-17(7-1-2-8-17)11-18-14-4-5-14/h13-16,18,20H,1-12H2. The second-order valence-corrected chi connectivity index (χ2v) is 8.12. The summed E-state index contributed by atoms with van der Waals surface area (Å²) in [5.41, 5.74) is 0.548. The smallest absolute Gasteiger partial charge is 0.0583 e. The Bertz CT molecular complexity index is 349. The molecule has 0 aromatic rings. The summed E-state index contributed by atoms with van der Waals surface area (Å²) in [6.07, 6.45) is 10.8. The van der Waals surface area contributed by atoms with Gasteiger partial charge in [0.2, 0.25) is 0 Å². The van der Waals surface area contributed by atoms with E-state index >= 15 is 0 Å². The van der Waals surface area contributed by atoms with Crippen LogP contribution in [-0.2, 0) is 0 Å². The maximum absolute atomic E-state index is 10.1. The Kier molecular flexibility index (Phi) is 3.56. The summed E-state index contributed by atoms with van der Waals surface area (Å²) in [5.74, 6) is 1.38. The molecule has 3 atom stereocenters. The molecule has 0 spiro atoms. The molecule has 1 heterocycles. The molecule has 1 saturated heterocycles. The van der Waals surface area contributed by atoms with Crippen molar-refractivity contribution in [3.05, 3.63) is 0 Å². The quantitative estimate of drug-likeness (QED) is 0.807. The summed E-state index contributed by atoms with van der Waals surface area (Å²) in [5, 5.41) is 13.9. The summed E-state index contributed by atoms with van der Waals surface area (Å²) >= 11 is 0. The molecule has 4 aliphatic rings. The first-order chi connectivity index (χ1) is 9.74. The number of hydrogen-bond donors (Lipinski definition) is 2. The number of aliphatic hydroxyl groups excluding tert-OH is 1. The van der Waals surface area contributed by atoms with Gasteiger partial charge in [-0.1, -0.05) is 12.8 Å². The van der Waals surface area contributed by atoms with Crippen LogP contribution in [0.3, 0.4) is 0 Å². The van der Waals surface area contributed by atoms with Crippen molar-refractivity contribution in [3.63, 3.8) is 0 Å². The maximum Gasteiger partial charge on any atom is 0.0583 e. The Labute approximate surface area is 123 Å². The van der Waals surface area contributed by atoms with Crippen LogP contribution in [0.1, 0.15) is 51.4 Å². The summed E-state index contributed by atoms with van der Waals surface area (Å²) in [6, 6.07) is 0.840. The van der Waals surface area contributed by atoms with Gasteiger partial charge < -0.3 is 15.3 Å². The largest absolute Gasteiger partial charge is 0.393 e. The summed E-state index contributed by atoms with van der Waals surface area (Å²) in [4.78, 5) is 2.69. The fraction of sp³-hybridized carbons (Fsp3) is 1.00. The minimum atomic E-state index is -0.00545. The Morgan fingerprint density at radius 3 is 2.55 bits per heavy atom. The van der Waals surface area contributed by atoms with E-state index in [9.17, 15) is 5.11 Å². The molecule has 2 N–H and O–H groups in total. The second kappa shape index (κ2) is 5.26. The van der Waals surface area contributed by atoms with E-state index in [1.165, 1.54) is 64.6 Å². The van der Waals surface area contributed by atoms with E-state index in [4.69, 9.17) is 0 Å². The monoisotopic (exact) mass is 278 g/mol. The fourth-order valence-electron chi connectivity index (χ4n) is 5.10. The Hall–Kier alpha value is -0.120. The second-order valence-electron chi connectivity index (χ2n) is 8.12. The SMILES string of the molecule is OC1CCC2CN(CC3(CNC4CC4)CCCC3)CC12.